The first-order valence-electron chi connectivity index (χ1n) is 6.19. The third-order valence-corrected chi connectivity index (χ3v) is 3.41. The summed E-state index contributed by atoms with van der Waals surface area (Å²) in [6.45, 7) is 0.988. The number of hydrogen-bond donors (Lipinski definition) is 1. The lowest BCUT2D eigenvalue weighted by Gasteiger charge is -2.36. The zero-order chi connectivity index (χ0) is 13.4. The van der Waals surface area contributed by atoms with Gasteiger partial charge in [-0.05, 0) is 12.1 Å². The first-order valence-corrected chi connectivity index (χ1v) is 6.19. The summed E-state index contributed by atoms with van der Waals surface area (Å²) in [6, 6.07) is 8.71. The Morgan fingerprint density at radius 3 is 2.74 bits per heavy atom. The number of para-hydroxylation sites is 1. The van der Waals surface area contributed by atoms with E-state index in [9.17, 15) is 14.7 Å². The summed E-state index contributed by atoms with van der Waals surface area (Å²) >= 11 is 0. The summed E-state index contributed by atoms with van der Waals surface area (Å²) < 4.78 is 1.77. The van der Waals surface area contributed by atoms with Crippen molar-refractivity contribution in [3.05, 3.63) is 46.8 Å². The number of rotatable bonds is 2. The smallest absolute Gasteiger partial charge is 0.242 e. The first-order chi connectivity index (χ1) is 9.15. The molecule has 1 N–H and O–H groups in total. The number of likely N-dealkylation sites (tertiary alicyclic amines) is 1. The number of benzene rings is 1. The molecular formula is C14H14N2O3. The molecule has 5 nitrogen and oxygen atoms in total. The first kappa shape index (κ1) is 11.9. The van der Waals surface area contributed by atoms with Crippen molar-refractivity contribution in [2.45, 2.75) is 12.6 Å². The van der Waals surface area contributed by atoms with Crippen molar-refractivity contribution >= 4 is 16.8 Å². The molecule has 0 radical (unpaired) electrons. The molecule has 19 heavy (non-hydrogen) atoms. The number of fused-ring (bicyclic) bond motifs is 1. The van der Waals surface area contributed by atoms with Crippen molar-refractivity contribution in [1.82, 2.24) is 9.47 Å². The predicted octanol–water partition coefficient (Wildman–Crippen LogP) is 0.205. The lowest BCUT2D eigenvalue weighted by atomic mass is 10.1. The predicted molar refractivity (Wildman–Crippen MR) is 70.8 cm³/mol. The van der Waals surface area contributed by atoms with Gasteiger partial charge >= 0.3 is 0 Å². The number of pyridine rings is 1. The van der Waals surface area contributed by atoms with Crippen molar-refractivity contribution in [1.29, 1.82) is 0 Å². The number of aliphatic hydroxyl groups is 1. The number of nitrogens with zero attached hydrogens (tertiary/aromatic N) is 2. The van der Waals surface area contributed by atoms with E-state index in [1.165, 1.54) is 6.07 Å². The van der Waals surface area contributed by atoms with Gasteiger partial charge in [0, 0.05) is 30.7 Å². The molecule has 98 valence electrons. The summed E-state index contributed by atoms with van der Waals surface area (Å²) in [7, 11) is 0. The summed E-state index contributed by atoms with van der Waals surface area (Å²) in [5.74, 6) is -0.0425. The number of amides is 1. The second-order valence-corrected chi connectivity index (χ2v) is 4.78. The van der Waals surface area contributed by atoms with E-state index < -0.39 is 6.10 Å². The molecule has 0 unspecified atom stereocenters. The Hall–Kier alpha value is -2.14. The van der Waals surface area contributed by atoms with Crippen molar-refractivity contribution < 1.29 is 9.90 Å². The molecule has 0 bridgehead atoms. The van der Waals surface area contributed by atoms with Gasteiger partial charge in [-0.2, -0.15) is 0 Å². The van der Waals surface area contributed by atoms with Gasteiger partial charge in [0.05, 0.1) is 11.6 Å². The van der Waals surface area contributed by atoms with Gasteiger partial charge in [0.2, 0.25) is 5.91 Å². The van der Waals surface area contributed by atoms with Gasteiger partial charge in [-0.15, -0.1) is 0 Å². The zero-order valence-corrected chi connectivity index (χ0v) is 10.3. The molecule has 2 aromatic rings. The van der Waals surface area contributed by atoms with Gasteiger partial charge in [-0.1, -0.05) is 12.1 Å². The van der Waals surface area contributed by atoms with Gasteiger partial charge in [0.1, 0.15) is 6.54 Å². The van der Waals surface area contributed by atoms with Crippen molar-refractivity contribution in [2.24, 2.45) is 0 Å². The van der Waals surface area contributed by atoms with Crippen molar-refractivity contribution in [3.8, 4) is 0 Å². The van der Waals surface area contributed by atoms with Crippen LogP contribution in [0.2, 0.25) is 0 Å². The summed E-state index contributed by atoms with van der Waals surface area (Å²) in [5.41, 5.74) is 0.711. The van der Waals surface area contributed by atoms with Gasteiger partial charge in [0.25, 0.3) is 0 Å². The monoisotopic (exact) mass is 258 g/mol. The van der Waals surface area contributed by atoms with Gasteiger partial charge in [-0.25, -0.2) is 0 Å². The SMILES string of the molecule is O=C(Cn1ccc(=O)c2ccccc21)N1CC(O)C1. The van der Waals surface area contributed by atoms with E-state index >= 15 is 0 Å². The maximum atomic E-state index is 12.0. The maximum absolute atomic E-state index is 12.0. The second-order valence-electron chi connectivity index (χ2n) is 4.78. The summed E-state index contributed by atoms with van der Waals surface area (Å²) in [4.78, 5) is 25.3. The van der Waals surface area contributed by atoms with Gasteiger partial charge in [-0.3, -0.25) is 9.59 Å². The highest BCUT2D eigenvalue weighted by Crippen LogP contribution is 2.12. The van der Waals surface area contributed by atoms with Crippen LogP contribution in [0.1, 0.15) is 0 Å². The highest BCUT2D eigenvalue weighted by Gasteiger charge is 2.28. The summed E-state index contributed by atoms with van der Waals surface area (Å²) in [5, 5.41) is 9.81. The molecule has 1 saturated heterocycles. The minimum atomic E-state index is -0.394. The normalized spacial score (nSPS) is 15.5. The number of aliphatic hydroxyl groups excluding tert-OH is 1. The minimum absolute atomic E-state index is 0.0425. The molecule has 0 atom stereocenters. The lowest BCUT2D eigenvalue weighted by molar-refractivity contribution is -0.141. The van der Waals surface area contributed by atoms with Crippen LogP contribution in [0, 0.1) is 0 Å². The minimum Gasteiger partial charge on any atom is -0.389 e. The van der Waals surface area contributed by atoms with Crippen LogP contribution in [0.3, 0.4) is 0 Å². The fraction of sp³-hybridized carbons (Fsp3) is 0.286. The van der Waals surface area contributed by atoms with Crippen LogP contribution in [0.5, 0.6) is 0 Å². The molecule has 2 heterocycles. The molecule has 5 heteroatoms. The fourth-order valence-electron chi connectivity index (χ4n) is 2.30. The van der Waals surface area contributed by atoms with E-state index in [-0.39, 0.29) is 17.9 Å². The molecule has 1 aromatic heterocycles. The Kier molecular flexibility index (Phi) is 2.83. The topological polar surface area (TPSA) is 62.5 Å². The number of carbonyl (C=O) groups excluding carboxylic acids is 1. The van der Waals surface area contributed by atoms with Crippen LogP contribution in [0.15, 0.2) is 41.3 Å². The van der Waals surface area contributed by atoms with E-state index in [0.29, 0.717) is 18.5 Å². The molecule has 0 spiro atoms. The van der Waals surface area contributed by atoms with Crippen molar-refractivity contribution in [2.75, 3.05) is 13.1 Å². The van der Waals surface area contributed by atoms with Crippen LogP contribution in [-0.2, 0) is 11.3 Å². The average Bonchev–Trinajstić information content (AvgIpc) is 2.38. The van der Waals surface area contributed by atoms with Crippen molar-refractivity contribution in [3.63, 3.8) is 0 Å². The van der Waals surface area contributed by atoms with Gasteiger partial charge in [0.15, 0.2) is 5.43 Å². The molecule has 1 aromatic carbocycles. The van der Waals surface area contributed by atoms with E-state index in [1.807, 2.05) is 18.2 Å². The Bertz CT molecular complexity index is 686. The third kappa shape index (κ3) is 2.13. The largest absolute Gasteiger partial charge is 0.389 e. The average molecular weight is 258 g/mol. The number of carbonyl (C=O) groups is 1. The molecular weight excluding hydrogens is 244 g/mol. The molecule has 3 rings (SSSR count). The Labute approximate surface area is 109 Å². The van der Waals surface area contributed by atoms with E-state index in [0.717, 1.165) is 5.52 Å². The summed E-state index contributed by atoms with van der Waals surface area (Å²) in [6.07, 6.45) is 1.24. The standard InChI is InChI=1S/C14H14N2O3/c17-10-7-16(8-10)14(19)9-15-6-5-13(18)11-3-1-2-4-12(11)15/h1-6,10,17H,7-9H2. The molecule has 0 aliphatic carbocycles. The van der Waals surface area contributed by atoms with E-state index in [4.69, 9.17) is 0 Å². The number of hydrogen-bond acceptors (Lipinski definition) is 3. The van der Waals surface area contributed by atoms with E-state index in [1.54, 1.807) is 21.7 Å². The molecule has 1 aliphatic heterocycles. The zero-order valence-electron chi connectivity index (χ0n) is 10.3. The van der Waals surface area contributed by atoms with Crippen LogP contribution in [0.4, 0.5) is 0 Å². The number of aromatic nitrogens is 1. The van der Waals surface area contributed by atoms with E-state index in [2.05, 4.69) is 0 Å². The third-order valence-electron chi connectivity index (χ3n) is 3.41. The molecule has 1 aliphatic rings. The lowest BCUT2D eigenvalue weighted by Crippen LogP contribution is -2.54. The molecule has 1 fully saturated rings. The van der Waals surface area contributed by atoms with Crippen LogP contribution in [0.25, 0.3) is 10.9 Å². The van der Waals surface area contributed by atoms with Crippen LogP contribution in [-0.4, -0.2) is 39.7 Å². The quantitative estimate of drug-likeness (QED) is 0.837. The fourth-order valence-corrected chi connectivity index (χ4v) is 2.30. The second kappa shape index (κ2) is 4.51. The van der Waals surface area contributed by atoms with Gasteiger partial charge < -0.3 is 14.6 Å². The van der Waals surface area contributed by atoms with Crippen LogP contribution < -0.4 is 5.43 Å². The molecule has 0 saturated carbocycles. The van der Waals surface area contributed by atoms with Crippen LogP contribution >= 0.6 is 0 Å². The number of β-amino-alcohol motifs (C(OH)–C–C–N with tert-alkyl or cyclic N) is 1. The molecule has 1 amide bonds. The Balaban J connectivity index is 1.91. The maximum Gasteiger partial charge on any atom is 0.242 e. The highest BCUT2D eigenvalue weighted by atomic mass is 16.3. The Morgan fingerprint density at radius 2 is 2.00 bits per heavy atom. The Morgan fingerprint density at radius 1 is 1.26 bits per heavy atom. The highest BCUT2D eigenvalue weighted by molar-refractivity contribution is 5.82.